The summed E-state index contributed by atoms with van der Waals surface area (Å²) in [7, 11) is 0. The zero-order chi connectivity index (χ0) is 14.4. The second-order valence-corrected chi connectivity index (χ2v) is 6.74. The summed E-state index contributed by atoms with van der Waals surface area (Å²) < 4.78 is 0.913. The maximum absolute atomic E-state index is 9.30. The Bertz CT molecular complexity index is 505. The predicted octanol–water partition coefficient (Wildman–Crippen LogP) is 5.50. The fraction of sp³-hybridized carbons (Fsp3) is 0.400. The molecule has 1 N–H and O–H groups in total. The number of benzene rings is 1. The molecule has 0 bridgehead atoms. The van der Waals surface area contributed by atoms with Crippen molar-refractivity contribution in [3.63, 3.8) is 0 Å². The van der Waals surface area contributed by atoms with Gasteiger partial charge in [-0.1, -0.05) is 27.7 Å². The van der Waals surface area contributed by atoms with Crippen LogP contribution in [0.3, 0.4) is 0 Å². The van der Waals surface area contributed by atoms with Gasteiger partial charge in [0.1, 0.15) is 5.75 Å². The number of thiazole rings is 1. The Morgan fingerprint density at radius 1 is 1.21 bits per heavy atom. The second-order valence-electron chi connectivity index (χ2n) is 4.38. The van der Waals surface area contributed by atoms with Crippen molar-refractivity contribution in [3.05, 3.63) is 33.1 Å². The van der Waals surface area contributed by atoms with Gasteiger partial charge in [-0.15, -0.1) is 11.3 Å². The molecular formula is C15H20BrNOS. The van der Waals surface area contributed by atoms with Gasteiger partial charge >= 0.3 is 0 Å². The number of nitrogens with zero attached hydrogens (tertiary/aromatic N) is 1. The molecule has 1 aromatic heterocycles. The van der Waals surface area contributed by atoms with Gasteiger partial charge in [0.05, 0.1) is 5.69 Å². The first-order chi connectivity index (χ1) is 9.06. The molecule has 1 aromatic carbocycles. The van der Waals surface area contributed by atoms with Crippen LogP contribution < -0.4 is 0 Å². The quantitative estimate of drug-likeness (QED) is 0.799. The molecule has 2 nitrogen and oxygen atoms in total. The number of hydrogen-bond acceptors (Lipinski definition) is 3. The zero-order valence-corrected chi connectivity index (χ0v) is 14.2. The molecule has 0 saturated heterocycles. The number of phenolic OH excluding ortho intramolecular Hbond substituents is 1. The lowest BCUT2D eigenvalue weighted by molar-refractivity contribution is 0.475. The third-order valence-corrected chi connectivity index (χ3v) is 3.93. The van der Waals surface area contributed by atoms with Crippen LogP contribution in [0.5, 0.6) is 5.75 Å². The SMILES string of the molecule is CC.CC(C)Cc1sc(Br)nc1-c1ccc(O)cc1. The van der Waals surface area contributed by atoms with E-state index in [9.17, 15) is 5.11 Å². The summed E-state index contributed by atoms with van der Waals surface area (Å²) in [6.07, 6.45) is 1.03. The minimum atomic E-state index is 0.286. The van der Waals surface area contributed by atoms with Gasteiger partial charge in [-0.05, 0) is 52.5 Å². The van der Waals surface area contributed by atoms with Crippen molar-refractivity contribution in [3.8, 4) is 17.0 Å². The third kappa shape index (κ3) is 4.62. The molecule has 0 aliphatic rings. The maximum atomic E-state index is 9.30. The molecule has 1 heterocycles. The molecule has 0 fully saturated rings. The van der Waals surface area contributed by atoms with Crippen molar-refractivity contribution in [1.29, 1.82) is 0 Å². The lowest BCUT2D eigenvalue weighted by atomic mass is 10.0. The standard InChI is InChI=1S/C13H14BrNOS.C2H6/c1-8(2)7-11-12(15-13(14)17-11)9-3-5-10(16)6-4-9;1-2/h3-6,8,16H,7H2,1-2H3;1-2H3. The highest BCUT2D eigenvalue weighted by Crippen LogP contribution is 2.33. The van der Waals surface area contributed by atoms with Crippen LogP contribution >= 0.6 is 27.3 Å². The first-order valence-corrected chi connectivity index (χ1v) is 8.12. The van der Waals surface area contributed by atoms with Crippen LogP contribution in [-0.4, -0.2) is 10.1 Å². The molecule has 104 valence electrons. The summed E-state index contributed by atoms with van der Waals surface area (Å²) in [5.74, 6) is 0.895. The van der Waals surface area contributed by atoms with Crippen LogP contribution in [0, 0.1) is 5.92 Å². The summed E-state index contributed by atoms with van der Waals surface area (Å²) >= 11 is 5.13. The molecule has 19 heavy (non-hydrogen) atoms. The van der Waals surface area contributed by atoms with E-state index in [0.29, 0.717) is 5.92 Å². The van der Waals surface area contributed by atoms with Gasteiger partial charge < -0.3 is 5.11 Å². The van der Waals surface area contributed by atoms with E-state index in [1.54, 1.807) is 23.5 Å². The second kappa shape index (κ2) is 7.65. The van der Waals surface area contributed by atoms with Crippen molar-refractivity contribution < 1.29 is 5.11 Å². The molecule has 0 spiro atoms. The predicted molar refractivity (Wildman–Crippen MR) is 86.8 cm³/mol. The highest BCUT2D eigenvalue weighted by molar-refractivity contribution is 9.11. The average Bonchev–Trinajstić information content (AvgIpc) is 2.73. The Balaban J connectivity index is 0.000000861. The van der Waals surface area contributed by atoms with Gasteiger partial charge in [0.15, 0.2) is 3.92 Å². The summed E-state index contributed by atoms with van der Waals surface area (Å²) in [5.41, 5.74) is 2.08. The number of rotatable bonds is 3. The molecule has 0 saturated carbocycles. The van der Waals surface area contributed by atoms with Gasteiger partial charge in [-0.3, -0.25) is 0 Å². The lowest BCUT2D eigenvalue weighted by Crippen LogP contribution is -1.93. The third-order valence-electron chi connectivity index (χ3n) is 2.41. The number of aromatic hydroxyl groups is 1. The number of aromatic nitrogens is 1. The van der Waals surface area contributed by atoms with Crippen LogP contribution in [-0.2, 0) is 6.42 Å². The lowest BCUT2D eigenvalue weighted by Gasteiger charge is -2.05. The van der Waals surface area contributed by atoms with E-state index in [1.165, 1.54) is 4.88 Å². The van der Waals surface area contributed by atoms with Gasteiger partial charge in [0.25, 0.3) is 0 Å². The van der Waals surface area contributed by atoms with Crippen LogP contribution in [0.1, 0.15) is 32.6 Å². The smallest absolute Gasteiger partial charge is 0.160 e. The Kier molecular flexibility index (Phi) is 6.52. The van der Waals surface area contributed by atoms with Gasteiger partial charge in [0.2, 0.25) is 0 Å². The molecule has 0 radical (unpaired) electrons. The van der Waals surface area contributed by atoms with Crippen molar-refractivity contribution >= 4 is 27.3 Å². The Labute approximate surface area is 127 Å². The number of halogens is 1. The van der Waals surface area contributed by atoms with Crippen LogP contribution in [0.15, 0.2) is 28.2 Å². The Morgan fingerprint density at radius 3 is 2.32 bits per heavy atom. The summed E-state index contributed by atoms with van der Waals surface area (Å²) in [6, 6.07) is 7.20. The molecule has 0 unspecified atom stereocenters. The van der Waals surface area contributed by atoms with E-state index in [-0.39, 0.29) is 5.75 Å². The summed E-state index contributed by atoms with van der Waals surface area (Å²) in [5, 5.41) is 9.30. The van der Waals surface area contributed by atoms with Crippen LogP contribution in [0.4, 0.5) is 0 Å². The fourth-order valence-electron chi connectivity index (χ4n) is 1.68. The van der Waals surface area contributed by atoms with Crippen molar-refractivity contribution in [1.82, 2.24) is 4.98 Å². The monoisotopic (exact) mass is 341 g/mol. The molecule has 0 atom stereocenters. The summed E-state index contributed by atoms with van der Waals surface area (Å²) in [6.45, 7) is 8.41. The van der Waals surface area contributed by atoms with E-state index in [4.69, 9.17) is 0 Å². The summed E-state index contributed by atoms with van der Waals surface area (Å²) in [4.78, 5) is 5.81. The topological polar surface area (TPSA) is 33.1 Å². The zero-order valence-electron chi connectivity index (χ0n) is 11.8. The normalized spacial score (nSPS) is 10.2. The maximum Gasteiger partial charge on any atom is 0.160 e. The van der Waals surface area contributed by atoms with Crippen molar-refractivity contribution in [2.24, 2.45) is 5.92 Å². The van der Waals surface area contributed by atoms with E-state index in [0.717, 1.165) is 21.6 Å². The van der Waals surface area contributed by atoms with Crippen LogP contribution in [0.25, 0.3) is 11.3 Å². The molecule has 2 rings (SSSR count). The molecule has 4 heteroatoms. The molecule has 2 aromatic rings. The minimum absolute atomic E-state index is 0.286. The Hall–Kier alpha value is -0.870. The first-order valence-electron chi connectivity index (χ1n) is 6.51. The number of hydrogen-bond donors (Lipinski definition) is 1. The van der Waals surface area contributed by atoms with Gasteiger partial charge in [0, 0.05) is 10.4 Å². The fourth-order valence-corrected chi connectivity index (χ4v) is 3.46. The molecular weight excluding hydrogens is 322 g/mol. The van der Waals surface area contributed by atoms with E-state index >= 15 is 0 Å². The average molecular weight is 342 g/mol. The molecule has 0 aliphatic carbocycles. The number of phenols is 1. The van der Waals surface area contributed by atoms with E-state index in [2.05, 4.69) is 34.8 Å². The highest BCUT2D eigenvalue weighted by Gasteiger charge is 2.13. The van der Waals surface area contributed by atoms with Crippen molar-refractivity contribution in [2.75, 3.05) is 0 Å². The van der Waals surface area contributed by atoms with Crippen LogP contribution in [0.2, 0.25) is 0 Å². The Morgan fingerprint density at radius 2 is 1.79 bits per heavy atom. The first kappa shape index (κ1) is 16.2. The van der Waals surface area contributed by atoms with E-state index < -0.39 is 0 Å². The minimum Gasteiger partial charge on any atom is -0.508 e. The molecule has 0 aliphatic heterocycles. The van der Waals surface area contributed by atoms with Gasteiger partial charge in [-0.2, -0.15) is 0 Å². The molecule has 0 amide bonds. The van der Waals surface area contributed by atoms with Crippen molar-refractivity contribution in [2.45, 2.75) is 34.1 Å². The largest absolute Gasteiger partial charge is 0.508 e. The highest BCUT2D eigenvalue weighted by atomic mass is 79.9. The van der Waals surface area contributed by atoms with E-state index in [1.807, 2.05) is 26.0 Å². The van der Waals surface area contributed by atoms with Gasteiger partial charge in [-0.25, -0.2) is 4.98 Å².